The summed E-state index contributed by atoms with van der Waals surface area (Å²) < 4.78 is 27.6. The van der Waals surface area contributed by atoms with Crippen LogP contribution < -0.4 is 5.32 Å². The zero-order chi connectivity index (χ0) is 22.6. The van der Waals surface area contributed by atoms with E-state index in [4.69, 9.17) is 34.8 Å². The van der Waals surface area contributed by atoms with Gasteiger partial charge in [-0.1, -0.05) is 53.0 Å². The maximum Gasteiger partial charge on any atom is 0.243 e. The van der Waals surface area contributed by atoms with Gasteiger partial charge in [0.15, 0.2) is 0 Å². The van der Waals surface area contributed by atoms with Gasteiger partial charge in [-0.05, 0) is 66.6 Å². The molecule has 0 bridgehead atoms. The third-order valence-corrected chi connectivity index (χ3v) is 7.22. The van der Waals surface area contributed by atoms with Crippen LogP contribution >= 0.6 is 34.8 Å². The lowest BCUT2D eigenvalue weighted by Crippen LogP contribution is -2.37. The third-order valence-electron chi connectivity index (χ3n) is 4.50. The van der Waals surface area contributed by atoms with Gasteiger partial charge >= 0.3 is 0 Å². The van der Waals surface area contributed by atoms with Crippen molar-refractivity contribution in [2.24, 2.45) is 0 Å². The Morgan fingerprint density at radius 2 is 1.48 bits per heavy atom. The molecule has 0 radical (unpaired) electrons. The predicted octanol–water partition coefficient (Wildman–Crippen LogP) is 5.78. The van der Waals surface area contributed by atoms with Crippen molar-refractivity contribution in [2.75, 3.05) is 11.9 Å². The van der Waals surface area contributed by atoms with Crippen LogP contribution in [0.5, 0.6) is 0 Å². The second-order valence-corrected chi connectivity index (χ2v) is 10.1. The van der Waals surface area contributed by atoms with Crippen molar-refractivity contribution in [1.29, 1.82) is 0 Å². The number of carbonyl (C=O) groups excluding carboxylic acids is 1. The number of halogens is 3. The molecule has 0 aliphatic rings. The van der Waals surface area contributed by atoms with Crippen molar-refractivity contribution >= 4 is 56.4 Å². The highest BCUT2D eigenvalue weighted by atomic mass is 35.5. The van der Waals surface area contributed by atoms with Crippen LogP contribution in [0.3, 0.4) is 0 Å². The summed E-state index contributed by atoms with van der Waals surface area (Å²) in [6.07, 6.45) is 0. The molecule has 1 amide bonds. The molecule has 0 atom stereocenters. The number of rotatable bonds is 7. The van der Waals surface area contributed by atoms with E-state index < -0.39 is 15.9 Å². The van der Waals surface area contributed by atoms with Crippen molar-refractivity contribution < 1.29 is 13.2 Å². The number of aryl methyl sites for hydroxylation is 1. The maximum atomic E-state index is 13.3. The first-order valence-electron chi connectivity index (χ1n) is 9.21. The Kier molecular flexibility index (Phi) is 7.62. The Hall–Kier alpha value is -2.09. The highest BCUT2D eigenvalue weighted by Crippen LogP contribution is 2.23. The molecule has 0 saturated heterocycles. The van der Waals surface area contributed by atoms with Gasteiger partial charge in [-0.3, -0.25) is 4.79 Å². The van der Waals surface area contributed by atoms with E-state index in [1.165, 1.54) is 24.3 Å². The second-order valence-electron chi connectivity index (χ2n) is 6.87. The summed E-state index contributed by atoms with van der Waals surface area (Å²) in [4.78, 5) is 12.7. The number of hydrogen-bond acceptors (Lipinski definition) is 3. The summed E-state index contributed by atoms with van der Waals surface area (Å²) in [5, 5.41) is 4.15. The fraction of sp³-hybridized carbons (Fsp3) is 0.136. The minimum atomic E-state index is -3.97. The van der Waals surface area contributed by atoms with Crippen molar-refractivity contribution in [2.45, 2.75) is 18.4 Å². The predicted molar refractivity (Wildman–Crippen MR) is 125 cm³/mol. The van der Waals surface area contributed by atoms with Crippen LogP contribution in [0, 0.1) is 6.92 Å². The van der Waals surface area contributed by atoms with Crippen LogP contribution in [0.2, 0.25) is 15.1 Å². The van der Waals surface area contributed by atoms with E-state index in [-0.39, 0.29) is 18.0 Å². The first kappa shape index (κ1) is 23.6. The molecule has 0 spiro atoms. The number of amides is 1. The molecule has 3 aromatic rings. The molecular formula is C22H19Cl3N2O3S. The zero-order valence-electron chi connectivity index (χ0n) is 16.5. The third kappa shape index (κ3) is 6.21. The van der Waals surface area contributed by atoms with E-state index >= 15 is 0 Å². The summed E-state index contributed by atoms with van der Waals surface area (Å²) >= 11 is 17.9. The number of nitrogens with zero attached hydrogens (tertiary/aromatic N) is 1. The van der Waals surface area contributed by atoms with E-state index in [1.807, 2.05) is 6.92 Å². The van der Waals surface area contributed by atoms with E-state index in [9.17, 15) is 13.2 Å². The first-order chi connectivity index (χ1) is 14.6. The van der Waals surface area contributed by atoms with Crippen molar-refractivity contribution in [1.82, 2.24) is 4.31 Å². The fourth-order valence-corrected chi connectivity index (χ4v) is 4.62. The van der Waals surface area contributed by atoms with E-state index in [2.05, 4.69) is 5.32 Å². The van der Waals surface area contributed by atoms with Crippen LogP contribution in [0.1, 0.15) is 11.1 Å². The second kappa shape index (κ2) is 10.0. The minimum absolute atomic E-state index is 0.00972. The number of benzene rings is 3. The van der Waals surface area contributed by atoms with Crippen LogP contribution in [0.25, 0.3) is 0 Å². The highest BCUT2D eigenvalue weighted by Gasteiger charge is 2.27. The number of nitrogens with one attached hydrogen (secondary N) is 1. The Labute approximate surface area is 196 Å². The van der Waals surface area contributed by atoms with Gasteiger partial charge < -0.3 is 5.32 Å². The summed E-state index contributed by atoms with van der Waals surface area (Å²) in [5.74, 6) is -0.494. The van der Waals surface area contributed by atoms with Gasteiger partial charge in [-0.2, -0.15) is 4.31 Å². The lowest BCUT2D eigenvalue weighted by Gasteiger charge is -2.22. The topological polar surface area (TPSA) is 66.5 Å². The molecule has 0 saturated carbocycles. The van der Waals surface area contributed by atoms with Gasteiger partial charge in [-0.15, -0.1) is 0 Å². The Balaban J connectivity index is 1.87. The molecule has 9 heteroatoms. The average molecular weight is 498 g/mol. The van der Waals surface area contributed by atoms with Crippen LogP contribution in [-0.2, 0) is 21.4 Å². The van der Waals surface area contributed by atoms with Gasteiger partial charge in [0, 0.05) is 27.3 Å². The molecule has 0 aromatic heterocycles. The zero-order valence-corrected chi connectivity index (χ0v) is 19.6. The molecular weight excluding hydrogens is 479 g/mol. The molecule has 1 N–H and O–H groups in total. The number of carbonyl (C=O) groups is 1. The molecule has 3 aromatic carbocycles. The van der Waals surface area contributed by atoms with Crippen LogP contribution in [0.4, 0.5) is 5.69 Å². The minimum Gasteiger partial charge on any atom is -0.325 e. The van der Waals surface area contributed by atoms with Crippen molar-refractivity contribution in [3.8, 4) is 0 Å². The Morgan fingerprint density at radius 3 is 2.06 bits per heavy atom. The fourth-order valence-electron chi connectivity index (χ4n) is 2.81. The van der Waals surface area contributed by atoms with E-state index in [0.29, 0.717) is 26.3 Å². The molecule has 162 valence electrons. The standard InChI is InChI=1S/C22H19Cl3N2O3S/c1-15-2-9-19(12-21(15)25)26-22(28)14-27(13-16-3-5-17(23)6-4-16)31(29,30)20-10-7-18(24)8-11-20/h2-12H,13-14H2,1H3,(H,26,28). The summed E-state index contributed by atoms with van der Waals surface area (Å²) in [6, 6.07) is 17.6. The maximum absolute atomic E-state index is 13.3. The molecule has 0 unspecified atom stereocenters. The normalized spacial score (nSPS) is 11.5. The SMILES string of the molecule is Cc1ccc(NC(=O)CN(Cc2ccc(Cl)cc2)S(=O)(=O)c2ccc(Cl)cc2)cc1Cl. The van der Waals surface area contributed by atoms with Gasteiger partial charge in [0.1, 0.15) is 0 Å². The molecule has 3 rings (SSSR count). The lowest BCUT2D eigenvalue weighted by atomic mass is 10.2. The average Bonchev–Trinajstić information content (AvgIpc) is 2.72. The van der Waals surface area contributed by atoms with Gasteiger partial charge in [-0.25, -0.2) is 8.42 Å². The van der Waals surface area contributed by atoms with Gasteiger partial charge in [0.2, 0.25) is 15.9 Å². The van der Waals surface area contributed by atoms with Crippen LogP contribution in [-0.4, -0.2) is 25.2 Å². The molecule has 0 aliphatic carbocycles. The number of sulfonamides is 1. The quantitative estimate of drug-likeness (QED) is 0.449. The highest BCUT2D eigenvalue weighted by molar-refractivity contribution is 7.89. The van der Waals surface area contributed by atoms with Crippen molar-refractivity contribution in [3.05, 3.63) is 92.9 Å². The Bertz CT molecular complexity index is 1180. The molecule has 5 nitrogen and oxygen atoms in total. The first-order valence-corrected chi connectivity index (χ1v) is 11.8. The van der Waals surface area contributed by atoms with Gasteiger partial charge in [0.05, 0.1) is 11.4 Å². The smallest absolute Gasteiger partial charge is 0.243 e. The van der Waals surface area contributed by atoms with Crippen molar-refractivity contribution in [3.63, 3.8) is 0 Å². The van der Waals surface area contributed by atoms with Gasteiger partial charge in [0.25, 0.3) is 0 Å². The largest absolute Gasteiger partial charge is 0.325 e. The Morgan fingerprint density at radius 1 is 0.903 bits per heavy atom. The summed E-state index contributed by atoms with van der Waals surface area (Å²) in [5.41, 5.74) is 2.04. The lowest BCUT2D eigenvalue weighted by molar-refractivity contribution is -0.116. The monoisotopic (exact) mass is 496 g/mol. The molecule has 0 aliphatic heterocycles. The molecule has 0 heterocycles. The molecule has 0 fully saturated rings. The summed E-state index contributed by atoms with van der Waals surface area (Å²) in [6.45, 7) is 1.45. The number of hydrogen-bond donors (Lipinski definition) is 1. The van der Waals surface area contributed by atoms with Crippen LogP contribution in [0.15, 0.2) is 71.6 Å². The number of anilines is 1. The van der Waals surface area contributed by atoms with E-state index in [1.54, 1.807) is 42.5 Å². The summed E-state index contributed by atoms with van der Waals surface area (Å²) in [7, 11) is -3.97. The van der Waals surface area contributed by atoms with E-state index in [0.717, 1.165) is 9.87 Å². The molecule has 31 heavy (non-hydrogen) atoms.